The molecule has 0 unspecified atom stereocenters. The van der Waals surface area contributed by atoms with Crippen LogP contribution in [-0.4, -0.2) is 0 Å². The Labute approximate surface area is 107 Å². The molecule has 19 heavy (non-hydrogen) atoms. The van der Waals surface area contributed by atoms with Crippen LogP contribution in [0.1, 0.15) is 25.3 Å². The molecule has 0 atom stereocenters. The molecule has 0 amide bonds. The molecule has 0 aromatic heterocycles. The van der Waals surface area contributed by atoms with Crippen LogP contribution in [-0.2, 0) is 0 Å². The van der Waals surface area contributed by atoms with E-state index in [9.17, 15) is 33.1 Å². The Kier molecular flexibility index (Phi) is 3.18. The van der Waals surface area contributed by atoms with Crippen LogP contribution in [0.5, 0.6) is 0 Å². The first-order chi connectivity index (χ1) is 8.07. The first kappa shape index (κ1) is 16.4. The van der Waals surface area contributed by atoms with E-state index >= 15 is 0 Å². The number of benzene rings is 1. The molecule has 0 radical (unpaired) electrons. The van der Waals surface area contributed by atoms with Gasteiger partial charge in [-0.3, -0.25) is 0 Å². The Bertz CT molecular complexity index is 547. The van der Waals surface area contributed by atoms with Crippen molar-refractivity contribution in [3.63, 3.8) is 0 Å². The predicted molar refractivity (Wildman–Crippen MR) is 56.5 cm³/mol. The van der Waals surface area contributed by atoms with Gasteiger partial charge in [0.1, 0.15) is 0 Å². The highest BCUT2D eigenvalue weighted by atomic mass is 35.7. The van der Waals surface area contributed by atoms with Crippen LogP contribution in [0.3, 0.4) is 0 Å². The van der Waals surface area contributed by atoms with E-state index < -0.39 is 48.7 Å². The smallest absolute Gasteiger partial charge is 0.205 e. The molecular weight excluding hydrogens is 328 g/mol. The maximum atomic E-state index is 13.5. The molecule has 0 bridgehead atoms. The summed E-state index contributed by atoms with van der Waals surface area (Å²) in [5.74, 6) is -11.7. The lowest BCUT2D eigenvalue weighted by atomic mass is 10.0. The van der Waals surface area contributed by atoms with Crippen molar-refractivity contribution in [1.82, 2.24) is 0 Å². The molecule has 0 nitrogen and oxygen atoms in total. The van der Waals surface area contributed by atoms with Gasteiger partial charge in [-0.15, -0.1) is 15.5 Å². The minimum absolute atomic E-state index is 1.02. The van der Waals surface area contributed by atoms with Crippen LogP contribution in [0.4, 0.5) is 33.1 Å². The SMILES string of the molecule is CC(C)c1c(F)c(F)c(F)c(S(F)(F)(F)(F)Cl)c1F. The zero-order chi connectivity index (χ0) is 15.4. The second-order valence-corrected chi connectivity index (χ2v) is 8.33. The highest BCUT2D eigenvalue weighted by Crippen LogP contribution is 3.04. The molecule has 112 valence electrons. The summed E-state index contributed by atoms with van der Waals surface area (Å²) in [6.07, 6.45) is 0. The molecule has 10 heteroatoms. The van der Waals surface area contributed by atoms with Crippen LogP contribution >= 0.6 is 19.7 Å². The fourth-order valence-corrected chi connectivity index (χ4v) is 2.76. The van der Waals surface area contributed by atoms with Gasteiger partial charge in [0.15, 0.2) is 28.2 Å². The Hall–Kier alpha value is -0.700. The van der Waals surface area contributed by atoms with Crippen molar-refractivity contribution >= 4 is 19.7 Å². The van der Waals surface area contributed by atoms with Gasteiger partial charge in [0.2, 0.25) is 0 Å². The van der Waals surface area contributed by atoms with Crippen molar-refractivity contribution in [1.29, 1.82) is 0 Å². The topological polar surface area (TPSA) is 0 Å². The monoisotopic (exact) mass is 334 g/mol. The van der Waals surface area contributed by atoms with Gasteiger partial charge in [-0.1, -0.05) is 13.8 Å². The summed E-state index contributed by atoms with van der Waals surface area (Å²) in [5.41, 5.74) is -1.43. The van der Waals surface area contributed by atoms with Crippen LogP contribution < -0.4 is 0 Å². The molecular formula is C9H7ClF8S. The fourth-order valence-electron chi connectivity index (χ4n) is 1.47. The van der Waals surface area contributed by atoms with Gasteiger partial charge in [-0.2, -0.15) is 0 Å². The summed E-state index contributed by atoms with van der Waals surface area (Å²) in [6, 6.07) is 0. The van der Waals surface area contributed by atoms with E-state index in [-0.39, 0.29) is 0 Å². The van der Waals surface area contributed by atoms with E-state index in [2.05, 4.69) is 10.7 Å². The van der Waals surface area contributed by atoms with Crippen LogP contribution in [0, 0.1) is 23.3 Å². The molecule has 0 spiro atoms. The first-order valence-electron chi connectivity index (χ1n) is 4.67. The van der Waals surface area contributed by atoms with E-state index in [0.717, 1.165) is 13.8 Å². The average Bonchev–Trinajstić information content (AvgIpc) is 2.09. The largest absolute Gasteiger partial charge is 0.259 e. The van der Waals surface area contributed by atoms with Crippen molar-refractivity contribution in [3.8, 4) is 0 Å². The normalized spacial score (nSPS) is 16.4. The Balaban J connectivity index is 4.01. The average molecular weight is 335 g/mol. The van der Waals surface area contributed by atoms with Gasteiger partial charge in [-0.05, 0) is 5.92 Å². The van der Waals surface area contributed by atoms with Crippen LogP contribution in [0.2, 0.25) is 0 Å². The summed E-state index contributed by atoms with van der Waals surface area (Å²) >= 11 is 0. The van der Waals surface area contributed by atoms with Crippen molar-refractivity contribution in [2.45, 2.75) is 24.7 Å². The minimum atomic E-state index is -9.86. The van der Waals surface area contributed by atoms with Crippen LogP contribution in [0.25, 0.3) is 0 Å². The molecule has 1 rings (SSSR count). The van der Waals surface area contributed by atoms with Crippen LogP contribution in [0.15, 0.2) is 4.90 Å². The third kappa shape index (κ3) is 2.91. The van der Waals surface area contributed by atoms with Crippen molar-refractivity contribution < 1.29 is 33.1 Å². The summed E-state index contributed by atoms with van der Waals surface area (Å²) in [5, 5.41) is 0. The van der Waals surface area contributed by atoms with E-state index in [1.807, 2.05) is 0 Å². The number of halogens is 9. The van der Waals surface area contributed by atoms with Gasteiger partial charge < -0.3 is 0 Å². The summed E-state index contributed by atoms with van der Waals surface area (Å²) in [7, 11) is -6.09. The second-order valence-electron chi connectivity index (χ2n) is 4.12. The Morgan fingerprint density at radius 2 is 1.21 bits per heavy atom. The van der Waals surface area contributed by atoms with E-state index in [1.54, 1.807) is 0 Å². The van der Waals surface area contributed by atoms with Gasteiger partial charge in [-0.25, -0.2) is 17.6 Å². The van der Waals surface area contributed by atoms with Crippen molar-refractivity contribution in [3.05, 3.63) is 28.8 Å². The van der Waals surface area contributed by atoms with Gasteiger partial charge in [0, 0.05) is 16.2 Å². The van der Waals surface area contributed by atoms with Gasteiger partial charge >= 0.3 is 0 Å². The lowest BCUT2D eigenvalue weighted by Crippen LogP contribution is -2.16. The zero-order valence-electron chi connectivity index (χ0n) is 9.39. The maximum absolute atomic E-state index is 13.5. The Morgan fingerprint density at radius 1 is 0.789 bits per heavy atom. The minimum Gasteiger partial charge on any atom is -0.205 e. The molecule has 0 fully saturated rings. The highest BCUT2D eigenvalue weighted by Gasteiger charge is 2.67. The zero-order valence-corrected chi connectivity index (χ0v) is 11.0. The molecule has 0 aliphatic rings. The quantitative estimate of drug-likeness (QED) is 0.338. The lowest BCUT2D eigenvalue weighted by Gasteiger charge is -2.43. The molecule has 0 N–H and O–H groups in total. The van der Waals surface area contributed by atoms with E-state index in [0.29, 0.717) is 0 Å². The third-order valence-corrected chi connectivity index (χ3v) is 3.81. The molecule has 1 aromatic rings. The van der Waals surface area contributed by atoms with Gasteiger partial charge in [0.05, 0.1) is 0 Å². The third-order valence-electron chi connectivity index (χ3n) is 2.22. The predicted octanol–water partition coefficient (Wildman–Crippen LogP) is 6.29. The van der Waals surface area contributed by atoms with E-state index in [1.165, 1.54) is 0 Å². The summed E-state index contributed by atoms with van der Waals surface area (Å²) < 4.78 is 104. The summed E-state index contributed by atoms with van der Waals surface area (Å²) in [6.45, 7) is 2.04. The molecule has 0 saturated heterocycles. The maximum Gasteiger partial charge on any atom is 0.259 e. The fraction of sp³-hybridized carbons (Fsp3) is 0.333. The van der Waals surface area contributed by atoms with Crippen molar-refractivity contribution in [2.24, 2.45) is 0 Å². The molecule has 0 saturated carbocycles. The molecule has 0 aliphatic heterocycles. The number of hydrogen-bond acceptors (Lipinski definition) is 0. The van der Waals surface area contributed by atoms with Gasteiger partial charge in [0.25, 0.3) is 9.05 Å². The van der Waals surface area contributed by atoms with Crippen molar-refractivity contribution in [2.75, 3.05) is 0 Å². The second kappa shape index (κ2) is 3.69. The standard InChI is InChI=1S/C9H7ClF8S/c1-3(2)4-5(11)7(13)8(14)9(6(4)12)19(10,15,16,17)18/h3H,1-2H3. The molecule has 1 aromatic carbocycles. The molecule has 0 aliphatic carbocycles. The number of hydrogen-bond donors (Lipinski definition) is 0. The number of rotatable bonds is 2. The summed E-state index contributed by atoms with van der Waals surface area (Å²) in [4.78, 5) is -3.22. The first-order valence-corrected chi connectivity index (χ1v) is 7.55. The van der Waals surface area contributed by atoms with E-state index in [4.69, 9.17) is 0 Å². The Morgan fingerprint density at radius 3 is 1.53 bits per heavy atom. The molecule has 0 heterocycles. The highest BCUT2D eigenvalue weighted by molar-refractivity contribution is 8.65. The lowest BCUT2D eigenvalue weighted by molar-refractivity contribution is 0.378.